The Kier molecular flexibility index (Phi) is 5.54. The summed E-state index contributed by atoms with van der Waals surface area (Å²) in [6.45, 7) is 11.6. The van der Waals surface area contributed by atoms with Gasteiger partial charge in [0.25, 0.3) is 8.32 Å². The molecule has 0 unspecified atom stereocenters. The summed E-state index contributed by atoms with van der Waals surface area (Å²) in [6, 6.07) is 21.9. The van der Waals surface area contributed by atoms with Crippen LogP contribution in [0.3, 0.4) is 0 Å². The minimum Gasteiger partial charge on any atom is -0.401 e. The van der Waals surface area contributed by atoms with Crippen LogP contribution in [-0.2, 0) is 4.43 Å². The lowest BCUT2D eigenvalue weighted by Gasteiger charge is -2.45. The third kappa shape index (κ3) is 3.72. The molecule has 138 valence electrons. The fraction of sp³-hybridized carbons (Fsp3) is 0.417. The molecule has 0 spiro atoms. The van der Waals surface area contributed by atoms with Crippen molar-refractivity contribution in [2.45, 2.75) is 58.6 Å². The average Bonchev–Trinajstić information content (AvgIpc) is 2.59. The molecule has 3 rings (SSSR count). The molecule has 0 bridgehead atoms. The molecule has 2 heteroatoms. The molecule has 2 aromatic rings. The van der Waals surface area contributed by atoms with Crippen LogP contribution < -0.4 is 10.4 Å². The molecule has 26 heavy (non-hydrogen) atoms. The van der Waals surface area contributed by atoms with Crippen molar-refractivity contribution >= 4 is 18.7 Å². The fourth-order valence-electron chi connectivity index (χ4n) is 4.48. The minimum absolute atomic E-state index is 0.0398. The second kappa shape index (κ2) is 7.54. The van der Waals surface area contributed by atoms with Gasteiger partial charge in [-0.05, 0) is 41.1 Å². The zero-order valence-electron chi connectivity index (χ0n) is 16.8. The molecule has 0 amide bonds. The highest BCUT2D eigenvalue weighted by atomic mass is 28.4. The third-order valence-corrected chi connectivity index (χ3v) is 10.6. The molecule has 0 aromatic heterocycles. The Balaban J connectivity index is 2.16. The molecule has 0 heterocycles. The highest BCUT2D eigenvalue weighted by Gasteiger charge is 2.51. The molecule has 0 saturated carbocycles. The first-order valence-electron chi connectivity index (χ1n) is 9.79. The van der Waals surface area contributed by atoms with Crippen molar-refractivity contribution in [1.82, 2.24) is 0 Å². The summed E-state index contributed by atoms with van der Waals surface area (Å²) in [5.74, 6) is 0.684. The molecular formula is C24H32OSi. The molecule has 0 N–H and O–H groups in total. The summed E-state index contributed by atoms with van der Waals surface area (Å²) in [5.41, 5.74) is 1.46. The highest BCUT2D eigenvalue weighted by molar-refractivity contribution is 6.99. The zero-order chi connectivity index (χ0) is 18.8. The molecule has 0 saturated heterocycles. The molecule has 0 radical (unpaired) electrons. The lowest BCUT2D eigenvalue weighted by atomic mass is 9.89. The SMILES string of the molecule is CC1=C[C@@H](O[Si](c2ccccc2)(c2ccccc2)C(C)(C)C)C[C@@H](C)C1. The number of benzene rings is 2. The Morgan fingerprint density at radius 2 is 1.38 bits per heavy atom. The molecular weight excluding hydrogens is 332 g/mol. The smallest absolute Gasteiger partial charge is 0.261 e. The maximum absolute atomic E-state index is 7.22. The van der Waals surface area contributed by atoms with Gasteiger partial charge in [0.1, 0.15) is 0 Å². The van der Waals surface area contributed by atoms with Crippen LogP contribution in [0.5, 0.6) is 0 Å². The number of allylic oxidation sites excluding steroid dienone is 1. The number of rotatable bonds is 4. The molecule has 1 aliphatic carbocycles. The summed E-state index contributed by atoms with van der Waals surface area (Å²) in [6.07, 6.45) is 4.88. The van der Waals surface area contributed by atoms with Gasteiger partial charge in [0, 0.05) is 0 Å². The van der Waals surface area contributed by atoms with Crippen LogP contribution in [0.15, 0.2) is 72.3 Å². The van der Waals surface area contributed by atoms with Gasteiger partial charge in [-0.15, -0.1) is 0 Å². The first-order valence-corrected chi connectivity index (χ1v) is 11.7. The van der Waals surface area contributed by atoms with Gasteiger partial charge in [-0.1, -0.05) is 100 Å². The Bertz CT molecular complexity index is 703. The van der Waals surface area contributed by atoms with Crippen LogP contribution in [-0.4, -0.2) is 14.4 Å². The Labute approximate surface area is 160 Å². The van der Waals surface area contributed by atoms with Gasteiger partial charge in [0.15, 0.2) is 0 Å². The van der Waals surface area contributed by atoms with Gasteiger partial charge in [-0.2, -0.15) is 0 Å². The second-order valence-electron chi connectivity index (χ2n) is 8.88. The van der Waals surface area contributed by atoms with Gasteiger partial charge in [-0.25, -0.2) is 0 Å². The summed E-state index contributed by atoms with van der Waals surface area (Å²) in [7, 11) is -2.44. The van der Waals surface area contributed by atoms with E-state index in [0.29, 0.717) is 5.92 Å². The average molecular weight is 365 g/mol. The van der Waals surface area contributed by atoms with Crippen LogP contribution in [0, 0.1) is 5.92 Å². The van der Waals surface area contributed by atoms with Crippen LogP contribution in [0.1, 0.15) is 47.5 Å². The van der Waals surface area contributed by atoms with Crippen LogP contribution in [0.2, 0.25) is 5.04 Å². The lowest BCUT2D eigenvalue weighted by molar-refractivity contribution is 0.191. The fourth-order valence-corrected chi connectivity index (χ4v) is 9.12. The maximum atomic E-state index is 7.22. The van der Waals surface area contributed by atoms with E-state index in [2.05, 4.69) is 101 Å². The van der Waals surface area contributed by atoms with E-state index in [4.69, 9.17) is 4.43 Å². The molecule has 2 aromatic carbocycles. The Morgan fingerprint density at radius 3 is 1.81 bits per heavy atom. The van der Waals surface area contributed by atoms with Crippen molar-refractivity contribution in [1.29, 1.82) is 0 Å². The predicted octanol–water partition coefficient (Wildman–Crippen LogP) is 5.31. The van der Waals surface area contributed by atoms with Gasteiger partial charge < -0.3 is 4.43 Å². The van der Waals surface area contributed by atoms with Gasteiger partial charge in [0.2, 0.25) is 0 Å². The summed E-state index contributed by atoms with van der Waals surface area (Å²) in [5, 5.41) is 2.77. The molecule has 0 fully saturated rings. The third-order valence-electron chi connectivity index (χ3n) is 5.52. The monoisotopic (exact) mass is 364 g/mol. The molecule has 0 aliphatic heterocycles. The van der Waals surface area contributed by atoms with Crippen molar-refractivity contribution in [2.75, 3.05) is 0 Å². The van der Waals surface area contributed by atoms with Gasteiger partial charge in [-0.3, -0.25) is 0 Å². The quantitative estimate of drug-likeness (QED) is 0.528. The van der Waals surface area contributed by atoms with E-state index in [9.17, 15) is 0 Å². The highest BCUT2D eigenvalue weighted by Crippen LogP contribution is 2.39. The lowest BCUT2D eigenvalue weighted by Crippen LogP contribution is -2.67. The first kappa shape index (κ1) is 19.1. The van der Waals surface area contributed by atoms with Crippen molar-refractivity contribution in [3.63, 3.8) is 0 Å². The van der Waals surface area contributed by atoms with E-state index in [-0.39, 0.29) is 11.1 Å². The minimum atomic E-state index is -2.44. The number of hydrogen-bond acceptors (Lipinski definition) is 1. The van der Waals surface area contributed by atoms with Crippen molar-refractivity contribution < 1.29 is 4.43 Å². The normalized spacial score (nSPS) is 21.3. The molecule has 1 aliphatic rings. The Hall–Kier alpha value is -1.64. The van der Waals surface area contributed by atoms with Crippen LogP contribution >= 0.6 is 0 Å². The summed E-state index contributed by atoms with van der Waals surface area (Å²) < 4.78 is 7.22. The maximum Gasteiger partial charge on any atom is 0.261 e. The largest absolute Gasteiger partial charge is 0.401 e. The standard InChI is InChI=1S/C24H32OSi/c1-19-16-20(2)18-21(17-19)25-26(24(3,4)5,22-12-8-6-9-13-22)23-14-10-7-11-15-23/h6-15,17,20-21H,16,18H2,1-5H3/t20-,21+/m0/s1. The van der Waals surface area contributed by atoms with Crippen molar-refractivity contribution in [2.24, 2.45) is 5.92 Å². The van der Waals surface area contributed by atoms with Gasteiger partial charge in [0.05, 0.1) is 6.10 Å². The van der Waals surface area contributed by atoms with E-state index < -0.39 is 8.32 Å². The van der Waals surface area contributed by atoms with E-state index in [1.165, 1.54) is 22.4 Å². The van der Waals surface area contributed by atoms with Crippen molar-refractivity contribution in [3.8, 4) is 0 Å². The second-order valence-corrected chi connectivity index (χ2v) is 13.1. The van der Waals surface area contributed by atoms with Gasteiger partial charge >= 0.3 is 0 Å². The predicted molar refractivity (Wildman–Crippen MR) is 115 cm³/mol. The number of hydrogen-bond donors (Lipinski definition) is 0. The zero-order valence-corrected chi connectivity index (χ0v) is 17.8. The van der Waals surface area contributed by atoms with E-state index >= 15 is 0 Å². The topological polar surface area (TPSA) is 9.23 Å². The Morgan fingerprint density at radius 1 is 0.885 bits per heavy atom. The van der Waals surface area contributed by atoms with E-state index in [0.717, 1.165) is 6.42 Å². The summed E-state index contributed by atoms with van der Waals surface area (Å²) in [4.78, 5) is 0. The van der Waals surface area contributed by atoms with Crippen LogP contribution in [0.4, 0.5) is 0 Å². The van der Waals surface area contributed by atoms with Crippen LogP contribution in [0.25, 0.3) is 0 Å². The molecule has 2 atom stereocenters. The van der Waals surface area contributed by atoms with E-state index in [1.807, 2.05) is 0 Å². The molecule has 1 nitrogen and oxygen atoms in total. The van der Waals surface area contributed by atoms with Crippen molar-refractivity contribution in [3.05, 3.63) is 72.3 Å². The first-order chi connectivity index (χ1) is 12.3. The van der Waals surface area contributed by atoms with E-state index in [1.54, 1.807) is 0 Å². The summed E-state index contributed by atoms with van der Waals surface area (Å²) >= 11 is 0.